The summed E-state index contributed by atoms with van der Waals surface area (Å²) in [6.07, 6.45) is 0. The fourth-order valence-corrected chi connectivity index (χ4v) is 6.57. The smallest absolute Gasteiger partial charge is 0.363 e. The highest BCUT2D eigenvalue weighted by atomic mass is 32.2. The Morgan fingerprint density at radius 2 is 1.16 bits per heavy atom. The third kappa shape index (κ3) is 7.62. The number of fused-ring (bicyclic) bond motifs is 2. The number of anilines is 2. The van der Waals surface area contributed by atoms with E-state index in [4.69, 9.17) is 9.56 Å². The van der Waals surface area contributed by atoms with Crippen LogP contribution in [0.3, 0.4) is 0 Å². The lowest BCUT2D eigenvalue weighted by Crippen LogP contribution is -2.21. The zero-order valence-electron chi connectivity index (χ0n) is 26.1. The van der Waals surface area contributed by atoms with E-state index in [1.165, 1.54) is 12.1 Å². The summed E-state index contributed by atoms with van der Waals surface area (Å²) in [6, 6.07) is 24.9. The monoisotopic (exact) mass is 649 g/mol. The van der Waals surface area contributed by atoms with Gasteiger partial charge in [0, 0.05) is 48.7 Å². The van der Waals surface area contributed by atoms with Crippen LogP contribution >= 0.6 is 0 Å². The maximum atomic E-state index is 12.5. The average Bonchev–Trinajstić information content (AvgIpc) is 3.00. The molecule has 5 aromatic rings. The molecule has 238 valence electrons. The molecule has 0 saturated heterocycles. The molecule has 0 aliphatic heterocycles. The Kier molecular flexibility index (Phi) is 10.5. The van der Waals surface area contributed by atoms with Gasteiger partial charge in [0.1, 0.15) is 10.1 Å². The summed E-state index contributed by atoms with van der Waals surface area (Å²) < 4.78 is 62.6. The van der Waals surface area contributed by atoms with Crippen molar-refractivity contribution in [2.45, 2.75) is 44.4 Å². The quantitative estimate of drug-likeness (QED) is 0.105. The first kappa shape index (κ1) is 33.9. The van der Waals surface area contributed by atoms with Gasteiger partial charge in [-0.3, -0.25) is 0 Å². The fraction of sp³-hybridized carbons (Fsp3) is 0.265. The van der Waals surface area contributed by atoms with Crippen molar-refractivity contribution in [3.63, 3.8) is 0 Å². The molecule has 0 aliphatic carbocycles. The summed E-state index contributed by atoms with van der Waals surface area (Å²) >= 11 is 0. The Balaban J connectivity index is 0.000000354. The van der Waals surface area contributed by atoms with Crippen LogP contribution < -0.4 is 14.9 Å². The maximum Gasteiger partial charge on any atom is 0.363 e. The van der Waals surface area contributed by atoms with Crippen molar-refractivity contribution in [2.24, 2.45) is 5.14 Å². The third-order valence-electron chi connectivity index (χ3n) is 7.72. The van der Waals surface area contributed by atoms with Crippen molar-refractivity contribution in [3.8, 4) is 11.1 Å². The molecule has 0 unspecified atom stereocenters. The van der Waals surface area contributed by atoms with Crippen LogP contribution in [-0.4, -0.2) is 47.6 Å². The molecule has 0 aliphatic rings. The van der Waals surface area contributed by atoms with Gasteiger partial charge in [-0.1, -0.05) is 35.9 Å². The molecule has 5 rings (SSSR count). The number of hydrogen-bond acceptors (Lipinski definition) is 7. The lowest BCUT2D eigenvalue weighted by atomic mass is 9.96. The van der Waals surface area contributed by atoms with E-state index < -0.39 is 20.1 Å². The molecular weight excluding hydrogens is 611 g/mol. The number of rotatable bonds is 9. The molecule has 0 atom stereocenters. The largest absolute Gasteiger partial charge is 0.744 e. The first-order valence-corrected chi connectivity index (χ1v) is 17.8. The molecule has 0 radical (unpaired) electrons. The summed E-state index contributed by atoms with van der Waals surface area (Å²) in [7, 11) is -8.19. The highest BCUT2D eigenvalue weighted by molar-refractivity contribution is 7.89. The van der Waals surface area contributed by atoms with E-state index in [1.54, 1.807) is 24.3 Å². The number of sulfonamides is 1. The van der Waals surface area contributed by atoms with Gasteiger partial charge in [0.2, 0.25) is 10.0 Å². The molecule has 9 nitrogen and oxygen atoms in total. The fourth-order valence-electron chi connectivity index (χ4n) is 5.35. The van der Waals surface area contributed by atoms with Crippen molar-refractivity contribution in [3.05, 3.63) is 90.5 Å². The van der Waals surface area contributed by atoms with Gasteiger partial charge in [0.15, 0.2) is 0 Å². The standard InChI is InChI=1S/C27H32N3O3S.C7H8O3S/c1-5-29(6-2)19-13-15-21-24(17-19)33-25-18-20(30(7-3)8-4)14-16-22(25)27(21)23-11-9-10-12-26(23)34(28,31)32;1-6-2-4-7(5-3-6)11(8,9)10/h9-18H,5-8H2,1-4H3,(H2,28,31,32);2-5H,1H3,(H,8,9,10)/q+1;/p-1. The first-order valence-electron chi connectivity index (χ1n) is 14.8. The number of benzene rings is 4. The molecule has 45 heavy (non-hydrogen) atoms. The van der Waals surface area contributed by atoms with E-state index in [1.807, 2.05) is 43.3 Å². The van der Waals surface area contributed by atoms with E-state index in [-0.39, 0.29) is 9.79 Å². The highest BCUT2D eigenvalue weighted by Gasteiger charge is 2.26. The van der Waals surface area contributed by atoms with Gasteiger partial charge in [-0.05, 0) is 77.1 Å². The van der Waals surface area contributed by atoms with E-state index in [2.05, 4.69) is 49.6 Å². The van der Waals surface area contributed by atoms with Crippen molar-refractivity contribution < 1.29 is 25.8 Å². The van der Waals surface area contributed by atoms with Gasteiger partial charge in [0.25, 0.3) is 0 Å². The van der Waals surface area contributed by atoms with E-state index in [0.717, 1.165) is 59.5 Å². The molecule has 2 N–H and O–H groups in total. The summed E-state index contributed by atoms with van der Waals surface area (Å²) in [5, 5.41) is 7.30. The Hall–Kier alpha value is -4.03. The normalized spacial score (nSPS) is 11.7. The summed E-state index contributed by atoms with van der Waals surface area (Å²) in [4.78, 5) is 4.43. The Bertz CT molecular complexity index is 1950. The topological polar surface area (TPSA) is 135 Å². The van der Waals surface area contributed by atoms with Crippen LogP contribution in [0.25, 0.3) is 33.1 Å². The van der Waals surface area contributed by atoms with Gasteiger partial charge < -0.3 is 14.4 Å². The van der Waals surface area contributed by atoms with Crippen molar-refractivity contribution in [2.75, 3.05) is 36.0 Å². The predicted octanol–water partition coefficient (Wildman–Crippen LogP) is 6.77. The average molecular weight is 650 g/mol. The van der Waals surface area contributed by atoms with Crippen LogP contribution in [0, 0.1) is 6.92 Å². The van der Waals surface area contributed by atoms with Crippen LogP contribution in [0.5, 0.6) is 0 Å². The van der Waals surface area contributed by atoms with Crippen LogP contribution in [0.2, 0.25) is 0 Å². The number of primary sulfonamides is 1. The summed E-state index contributed by atoms with van der Waals surface area (Å²) in [5.74, 6) is 0. The Morgan fingerprint density at radius 3 is 1.58 bits per heavy atom. The zero-order chi connectivity index (χ0) is 32.9. The number of nitrogens with zero attached hydrogens (tertiary/aromatic N) is 2. The highest BCUT2D eigenvalue weighted by Crippen LogP contribution is 2.41. The van der Waals surface area contributed by atoms with Crippen molar-refractivity contribution in [1.29, 1.82) is 0 Å². The van der Waals surface area contributed by atoms with E-state index >= 15 is 0 Å². The van der Waals surface area contributed by atoms with Crippen LogP contribution in [0.4, 0.5) is 11.4 Å². The summed E-state index contributed by atoms with van der Waals surface area (Å²) in [5.41, 5.74) is 5.83. The van der Waals surface area contributed by atoms with Gasteiger partial charge in [-0.25, -0.2) is 26.4 Å². The minimum atomic E-state index is -4.27. The Morgan fingerprint density at radius 1 is 0.689 bits per heavy atom. The SMILES string of the molecule is CCN(CC)c1ccc2c(-c3ccccc3S(N)(=O)=O)c3ccc(N(CC)CC)cc3[o+]c2c1.Cc1ccc(S(=O)(=O)[O-])cc1. The van der Waals surface area contributed by atoms with Gasteiger partial charge >= 0.3 is 11.2 Å². The van der Waals surface area contributed by atoms with Crippen molar-refractivity contribution >= 4 is 53.5 Å². The van der Waals surface area contributed by atoms with Crippen LogP contribution in [0.1, 0.15) is 33.3 Å². The van der Waals surface area contributed by atoms with E-state index in [0.29, 0.717) is 16.7 Å². The lowest BCUT2D eigenvalue weighted by Gasteiger charge is -2.21. The molecular formula is C34H39N3O6S2. The molecule has 0 spiro atoms. The van der Waals surface area contributed by atoms with E-state index in [9.17, 15) is 21.4 Å². The van der Waals surface area contributed by atoms with Gasteiger partial charge in [0.05, 0.1) is 32.7 Å². The minimum absolute atomic E-state index is 0.101. The molecule has 1 heterocycles. The predicted molar refractivity (Wildman–Crippen MR) is 181 cm³/mol. The van der Waals surface area contributed by atoms with Gasteiger partial charge in [-0.15, -0.1) is 0 Å². The molecule has 0 bridgehead atoms. The maximum absolute atomic E-state index is 12.5. The minimum Gasteiger partial charge on any atom is -0.744 e. The van der Waals surface area contributed by atoms with Crippen molar-refractivity contribution in [1.82, 2.24) is 0 Å². The first-order chi connectivity index (χ1) is 21.3. The number of hydrogen-bond donors (Lipinski definition) is 1. The van der Waals surface area contributed by atoms with Gasteiger partial charge in [-0.2, -0.15) is 0 Å². The molecule has 4 aromatic carbocycles. The molecule has 0 saturated carbocycles. The number of aryl methyl sites for hydroxylation is 1. The van der Waals surface area contributed by atoms with Crippen LogP contribution in [-0.2, 0) is 20.1 Å². The molecule has 0 fully saturated rings. The second kappa shape index (κ2) is 13.9. The summed E-state index contributed by atoms with van der Waals surface area (Å²) in [6.45, 7) is 13.8. The second-order valence-corrected chi connectivity index (χ2v) is 13.4. The zero-order valence-corrected chi connectivity index (χ0v) is 27.8. The van der Waals surface area contributed by atoms with Crippen LogP contribution in [0.15, 0.2) is 99.1 Å². The molecule has 11 heteroatoms. The molecule has 0 amide bonds. The Labute approximate surface area is 265 Å². The lowest BCUT2D eigenvalue weighted by molar-refractivity contribution is 0.463. The second-order valence-electron chi connectivity index (χ2n) is 10.5. The molecule has 1 aromatic heterocycles. The number of nitrogens with two attached hydrogens (primary N) is 1. The third-order valence-corrected chi connectivity index (χ3v) is 9.54.